The summed E-state index contributed by atoms with van der Waals surface area (Å²) in [7, 11) is 6.68. The van der Waals surface area contributed by atoms with Gasteiger partial charge in [-0.05, 0) is 36.6 Å². The number of hydrogen-bond donors (Lipinski definition) is 3. The second-order valence-corrected chi connectivity index (χ2v) is 4.54. The van der Waals surface area contributed by atoms with Crippen molar-refractivity contribution in [2.75, 3.05) is 33.6 Å². The first-order valence-electron chi connectivity index (χ1n) is 5.77. The lowest BCUT2D eigenvalue weighted by atomic mass is 10.3. The van der Waals surface area contributed by atoms with Crippen molar-refractivity contribution in [1.29, 1.82) is 0 Å². The molecule has 0 aromatic heterocycles. The summed E-state index contributed by atoms with van der Waals surface area (Å²) in [6, 6.07) is 5.43. The number of thiocarbonyl (C=S) groups is 2. The molecule has 1 aromatic carbocycles. The van der Waals surface area contributed by atoms with Crippen LogP contribution in [-0.4, -0.2) is 43.5 Å². The third-order valence-corrected chi connectivity index (χ3v) is 3.10. The summed E-state index contributed by atoms with van der Waals surface area (Å²) in [5, 5.41) is 8.42. The van der Waals surface area contributed by atoms with Gasteiger partial charge in [0.15, 0.2) is 21.7 Å². The van der Waals surface area contributed by atoms with Gasteiger partial charge in [0.2, 0.25) is 0 Å². The monoisotopic (exact) mass is 314 g/mol. The lowest BCUT2D eigenvalue weighted by Crippen LogP contribution is -2.48. The Labute approximate surface area is 129 Å². The minimum Gasteiger partial charge on any atom is -0.493 e. The Morgan fingerprint density at radius 2 is 1.80 bits per heavy atom. The first-order chi connectivity index (χ1) is 9.51. The van der Waals surface area contributed by atoms with Gasteiger partial charge in [-0.15, -0.1) is 0 Å². The average Bonchev–Trinajstić information content (AvgIpc) is 2.45. The minimum absolute atomic E-state index is 0.414. The second-order valence-electron chi connectivity index (χ2n) is 3.75. The third-order valence-electron chi connectivity index (χ3n) is 2.43. The fraction of sp³-hybridized carbons (Fsp3) is 0.333. The van der Waals surface area contributed by atoms with Crippen LogP contribution in [0.4, 0.5) is 5.69 Å². The van der Waals surface area contributed by atoms with Gasteiger partial charge in [-0.1, -0.05) is 0 Å². The maximum atomic E-state index is 5.23. The molecule has 0 aliphatic heterocycles. The zero-order valence-corrected chi connectivity index (χ0v) is 13.4. The highest BCUT2D eigenvalue weighted by atomic mass is 32.1. The average molecular weight is 314 g/mol. The van der Waals surface area contributed by atoms with Crippen LogP contribution in [0.25, 0.3) is 0 Å². The summed E-state index contributed by atoms with van der Waals surface area (Å²) in [6.45, 7) is 0. The number of anilines is 1. The van der Waals surface area contributed by atoms with E-state index in [2.05, 4.69) is 16.1 Å². The van der Waals surface area contributed by atoms with E-state index in [1.807, 2.05) is 6.07 Å². The summed E-state index contributed by atoms with van der Waals surface area (Å²) in [4.78, 5) is 0. The Bertz CT molecular complexity index is 496. The summed E-state index contributed by atoms with van der Waals surface area (Å²) < 4.78 is 10.4. The molecule has 0 heterocycles. The molecule has 110 valence electrons. The molecule has 0 saturated carbocycles. The summed E-state index contributed by atoms with van der Waals surface area (Å²) in [6.07, 6.45) is 0. The molecule has 1 aromatic rings. The maximum absolute atomic E-state index is 5.23. The Morgan fingerprint density at radius 3 is 2.35 bits per heavy atom. The van der Waals surface area contributed by atoms with E-state index >= 15 is 0 Å². The highest BCUT2D eigenvalue weighted by Gasteiger charge is 2.07. The number of nitrogens with zero attached hydrogens (tertiary/aromatic N) is 1. The van der Waals surface area contributed by atoms with E-state index in [0.29, 0.717) is 21.7 Å². The van der Waals surface area contributed by atoms with Crippen molar-refractivity contribution in [3.05, 3.63) is 18.2 Å². The van der Waals surface area contributed by atoms with Crippen molar-refractivity contribution < 1.29 is 9.47 Å². The number of rotatable bonds is 3. The van der Waals surface area contributed by atoms with E-state index in [-0.39, 0.29) is 0 Å². The van der Waals surface area contributed by atoms with Crippen LogP contribution in [0.2, 0.25) is 0 Å². The first kappa shape index (κ1) is 16.3. The van der Waals surface area contributed by atoms with Crippen LogP contribution in [0, 0.1) is 0 Å². The molecule has 0 aliphatic carbocycles. The van der Waals surface area contributed by atoms with Crippen LogP contribution in [-0.2, 0) is 0 Å². The lowest BCUT2D eigenvalue weighted by molar-refractivity contribution is 0.355. The molecule has 0 fully saturated rings. The van der Waals surface area contributed by atoms with Crippen LogP contribution in [0.15, 0.2) is 18.2 Å². The zero-order chi connectivity index (χ0) is 15.1. The molecule has 0 bridgehead atoms. The number of methoxy groups -OCH3 is 2. The van der Waals surface area contributed by atoms with Crippen molar-refractivity contribution in [2.45, 2.75) is 0 Å². The fourth-order valence-corrected chi connectivity index (χ4v) is 1.74. The van der Waals surface area contributed by atoms with Crippen LogP contribution in [0.1, 0.15) is 0 Å². The molecule has 0 unspecified atom stereocenters. The first-order valence-corrected chi connectivity index (χ1v) is 6.58. The van der Waals surface area contributed by atoms with Crippen molar-refractivity contribution >= 4 is 40.3 Å². The van der Waals surface area contributed by atoms with Gasteiger partial charge in [-0.3, -0.25) is 10.4 Å². The molecule has 0 spiro atoms. The molecule has 0 amide bonds. The molecule has 0 aliphatic rings. The van der Waals surface area contributed by atoms with E-state index in [1.54, 1.807) is 45.5 Å². The SMILES string of the molecule is CNC(=S)N(C)NC(=S)Nc1ccc(OC)c(OC)c1. The van der Waals surface area contributed by atoms with Gasteiger partial charge in [-0.2, -0.15) is 0 Å². The smallest absolute Gasteiger partial charge is 0.189 e. The molecule has 0 saturated heterocycles. The number of ether oxygens (including phenoxy) is 2. The molecule has 6 nitrogen and oxygen atoms in total. The number of hydrazine groups is 1. The molecule has 1 rings (SSSR count). The van der Waals surface area contributed by atoms with Crippen LogP contribution in [0.3, 0.4) is 0 Å². The van der Waals surface area contributed by atoms with Crippen molar-refractivity contribution in [2.24, 2.45) is 0 Å². The Hall–Kier alpha value is -1.80. The summed E-state index contributed by atoms with van der Waals surface area (Å²) in [5.74, 6) is 1.28. The molecule has 3 N–H and O–H groups in total. The Kier molecular flexibility index (Phi) is 6.26. The Balaban J connectivity index is 2.69. The standard InChI is InChI=1S/C12H18N4O2S2/c1-13-12(20)16(2)15-11(19)14-8-5-6-9(17-3)10(7-8)18-4/h5-7H,1-4H3,(H,13,20)(H2,14,15,19). The van der Waals surface area contributed by atoms with Gasteiger partial charge in [0.05, 0.1) is 14.2 Å². The Morgan fingerprint density at radius 1 is 1.15 bits per heavy atom. The lowest BCUT2D eigenvalue weighted by Gasteiger charge is -2.22. The van der Waals surface area contributed by atoms with E-state index < -0.39 is 0 Å². The van der Waals surface area contributed by atoms with E-state index in [0.717, 1.165) is 5.69 Å². The maximum Gasteiger partial charge on any atom is 0.189 e. The number of benzene rings is 1. The number of hydrogen-bond acceptors (Lipinski definition) is 4. The van der Waals surface area contributed by atoms with Gasteiger partial charge in [0, 0.05) is 25.8 Å². The highest BCUT2D eigenvalue weighted by molar-refractivity contribution is 7.80. The topological polar surface area (TPSA) is 57.8 Å². The largest absolute Gasteiger partial charge is 0.493 e. The van der Waals surface area contributed by atoms with Crippen molar-refractivity contribution in [3.8, 4) is 11.5 Å². The second kappa shape index (κ2) is 7.71. The normalized spacial score (nSPS) is 9.40. The molecule has 0 atom stereocenters. The summed E-state index contributed by atoms with van der Waals surface area (Å²) >= 11 is 10.3. The van der Waals surface area contributed by atoms with E-state index in [4.69, 9.17) is 33.9 Å². The van der Waals surface area contributed by atoms with Crippen LogP contribution in [0.5, 0.6) is 11.5 Å². The summed E-state index contributed by atoms with van der Waals surface area (Å²) in [5.41, 5.74) is 3.70. The van der Waals surface area contributed by atoms with E-state index in [1.165, 1.54) is 0 Å². The van der Waals surface area contributed by atoms with Gasteiger partial charge in [0.1, 0.15) is 0 Å². The molecular weight excluding hydrogens is 296 g/mol. The van der Waals surface area contributed by atoms with Crippen molar-refractivity contribution in [3.63, 3.8) is 0 Å². The third kappa shape index (κ3) is 4.39. The van der Waals surface area contributed by atoms with Crippen LogP contribution >= 0.6 is 24.4 Å². The van der Waals surface area contributed by atoms with Gasteiger partial charge >= 0.3 is 0 Å². The van der Waals surface area contributed by atoms with E-state index in [9.17, 15) is 0 Å². The molecular formula is C12H18N4O2S2. The minimum atomic E-state index is 0.414. The fourth-order valence-electron chi connectivity index (χ4n) is 1.44. The molecule has 20 heavy (non-hydrogen) atoms. The predicted molar refractivity (Wildman–Crippen MR) is 88.3 cm³/mol. The van der Waals surface area contributed by atoms with Crippen molar-refractivity contribution in [1.82, 2.24) is 15.8 Å². The number of nitrogens with one attached hydrogen (secondary N) is 3. The highest BCUT2D eigenvalue weighted by Crippen LogP contribution is 2.29. The van der Waals surface area contributed by atoms with Gasteiger partial charge in [-0.25, -0.2) is 0 Å². The molecule has 0 radical (unpaired) electrons. The van der Waals surface area contributed by atoms with Gasteiger partial charge < -0.3 is 20.1 Å². The van der Waals surface area contributed by atoms with Crippen LogP contribution < -0.4 is 25.5 Å². The molecule has 8 heteroatoms. The predicted octanol–water partition coefficient (Wildman–Crippen LogP) is 1.34. The van der Waals surface area contributed by atoms with Gasteiger partial charge in [0.25, 0.3) is 0 Å². The quantitative estimate of drug-likeness (QED) is 0.571. The zero-order valence-electron chi connectivity index (χ0n) is 11.8.